The Balaban J connectivity index is 2.08. The summed E-state index contributed by atoms with van der Waals surface area (Å²) >= 11 is 0. The van der Waals surface area contributed by atoms with Crippen LogP contribution < -0.4 is 0 Å². The molecule has 2 aromatic rings. The number of rotatable bonds is 7. The first-order chi connectivity index (χ1) is 11.3. The smallest absolute Gasteiger partial charge is 0.104 e. The van der Waals surface area contributed by atoms with Crippen molar-refractivity contribution in [1.29, 1.82) is 0 Å². The number of aryl methyl sites for hydroxylation is 1. The first-order valence-electron chi connectivity index (χ1n) is 9.28. The zero-order chi connectivity index (χ0) is 17.7. The van der Waals surface area contributed by atoms with Crippen LogP contribution in [0.25, 0.3) is 0 Å². The van der Waals surface area contributed by atoms with Crippen molar-refractivity contribution < 1.29 is 4.48 Å². The van der Waals surface area contributed by atoms with Crippen molar-refractivity contribution in [3.63, 3.8) is 0 Å². The van der Waals surface area contributed by atoms with E-state index >= 15 is 0 Å². The van der Waals surface area contributed by atoms with Crippen molar-refractivity contribution in [3.8, 4) is 0 Å². The molecule has 1 nitrogen and oxygen atoms in total. The van der Waals surface area contributed by atoms with Crippen molar-refractivity contribution in [2.24, 2.45) is 0 Å². The molecule has 0 bridgehead atoms. The van der Waals surface area contributed by atoms with E-state index in [4.69, 9.17) is 0 Å². The van der Waals surface area contributed by atoms with E-state index in [1.807, 2.05) is 0 Å². The highest BCUT2D eigenvalue weighted by Gasteiger charge is 2.17. The fourth-order valence-electron chi connectivity index (χ4n) is 3.33. The van der Waals surface area contributed by atoms with Gasteiger partial charge in [-0.15, -0.1) is 0 Å². The number of benzene rings is 2. The summed E-state index contributed by atoms with van der Waals surface area (Å²) in [5.41, 5.74) is 5.74. The van der Waals surface area contributed by atoms with Crippen LogP contribution in [0, 0.1) is 0 Å². The summed E-state index contributed by atoms with van der Waals surface area (Å²) in [6.07, 6.45) is 2.39. The van der Waals surface area contributed by atoms with E-state index in [2.05, 4.69) is 90.4 Å². The number of hydrogen-bond donors (Lipinski definition) is 0. The molecule has 0 saturated carbocycles. The Morgan fingerprint density at radius 3 is 1.50 bits per heavy atom. The molecule has 2 rings (SSSR count). The van der Waals surface area contributed by atoms with Crippen LogP contribution in [0.2, 0.25) is 0 Å². The number of quaternary nitrogens is 1. The molecule has 0 aliphatic heterocycles. The second kappa shape index (κ2) is 7.98. The van der Waals surface area contributed by atoms with Gasteiger partial charge < -0.3 is 4.48 Å². The molecule has 0 amide bonds. The van der Waals surface area contributed by atoms with Gasteiger partial charge in [0.15, 0.2) is 0 Å². The summed E-state index contributed by atoms with van der Waals surface area (Å²) in [6, 6.07) is 18.5. The van der Waals surface area contributed by atoms with Gasteiger partial charge in [-0.2, -0.15) is 0 Å². The van der Waals surface area contributed by atoms with Crippen LogP contribution >= 0.6 is 0 Å². The van der Waals surface area contributed by atoms with E-state index in [-0.39, 0.29) is 0 Å². The Morgan fingerprint density at radius 2 is 1.12 bits per heavy atom. The summed E-state index contributed by atoms with van der Waals surface area (Å²) in [5.74, 6) is 1.06. The molecule has 130 valence electrons. The monoisotopic (exact) mass is 324 g/mol. The fourth-order valence-corrected chi connectivity index (χ4v) is 3.33. The fraction of sp³-hybridized carbons (Fsp3) is 0.478. The second-order valence-electron chi connectivity index (χ2n) is 8.26. The quantitative estimate of drug-likeness (QED) is 0.569. The minimum absolute atomic E-state index is 0.528. The summed E-state index contributed by atoms with van der Waals surface area (Å²) < 4.78 is 0.968. The van der Waals surface area contributed by atoms with Gasteiger partial charge >= 0.3 is 0 Å². The average Bonchev–Trinajstić information content (AvgIpc) is 2.54. The van der Waals surface area contributed by atoms with E-state index in [0.29, 0.717) is 11.8 Å². The molecule has 2 unspecified atom stereocenters. The van der Waals surface area contributed by atoms with Crippen LogP contribution in [0.15, 0.2) is 48.5 Å². The Kier molecular flexibility index (Phi) is 6.23. The van der Waals surface area contributed by atoms with Crippen molar-refractivity contribution >= 4 is 0 Å². The predicted octanol–water partition coefficient (Wildman–Crippen LogP) is 5.75. The van der Waals surface area contributed by atoms with Gasteiger partial charge in [0.05, 0.1) is 21.1 Å². The molecule has 2 atom stereocenters. The molecule has 0 aliphatic rings. The number of hydrogen-bond acceptors (Lipinski definition) is 0. The van der Waals surface area contributed by atoms with Crippen molar-refractivity contribution in [2.45, 2.75) is 52.0 Å². The van der Waals surface area contributed by atoms with Gasteiger partial charge in [0.2, 0.25) is 0 Å². The Morgan fingerprint density at radius 1 is 0.708 bits per heavy atom. The summed E-state index contributed by atoms with van der Waals surface area (Å²) in [6.45, 7) is 8.00. The average molecular weight is 325 g/mol. The normalized spacial score (nSPS) is 14.4. The molecule has 2 aromatic carbocycles. The van der Waals surface area contributed by atoms with Crippen molar-refractivity contribution in [3.05, 3.63) is 70.8 Å². The molecule has 24 heavy (non-hydrogen) atoms. The molecule has 1 heteroatoms. The van der Waals surface area contributed by atoms with Gasteiger partial charge in [0, 0.05) is 5.56 Å². The molecular formula is C23H34N+. The molecule has 0 radical (unpaired) electrons. The van der Waals surface area contributed by atoms with Crippen LogP contribution in [0.1, 0.15) is 61.3 Å². The van der Waals surface area contributed by atoms with Crippen LogP contribution in [0.3, 0.4) is 0 Å². The highest BCUT2D eigenvalue weighted by atomic mass is 15.3. The maximum Gasteiger partial charge on any atom is 0.104 e. The Labute approximate surface area is 148 Å². The zero-order valence-corrected chi connectivity index (χ0v) is 16.3. The minimum atomic E-state index is 0.528. The molecule has 0 N–H and O–H groups in total. The van der Waals surface area contributed by atoms with Crippen LogP contribution in [-0.4, -0.2) is 25.6 Å². The third-order valence-electron chi connectivity index (χ3n) is 4.96. The van der Waals surface area contributed by atoms with Crippen LogP contribution in [0.4, 0.5) is 0 Å². The molecular weight excluding hydrogens is 290 g/mol. The third kappa shape index (κ3) is 5.21. The first-order valence-corrected chi connectivity index (χ1v) is 9.28. The standard InChI is InChI=1S/C23H34N/c1-7-8-20-9-13-22(14-10-20)18(2)19(3)23-15-11-21(12-16-23)17-24(4,5)6/h9-16,18-19H,7-8,17H2,1-6H3/q+1. The molecule has 0 heterocycles. The molecule has 0 spiro atoms. The maximum atomic E-state index is 2.35. The highest BCUT2D eigenvalue weighted by Crippen LogP contribution is 2.32. The SMILES string of the molecule is CCCc1ccc(C(C)C(C)c2ccc(C[N+](C)(C)C)cc2)cc1. The first kappa shape index (κ1) is 18.7. The molecule has 0 aliphatic carbocycles. The van der Waals surface area contributed by atoms with E-state index < -0.39 is 0 Å². The molecule has 0 saturated heterocycles. The Bertz CT molecular complexity index is 617. The van der Waals surface area contributed by atoms with Gasteiger partial charge in [-0.1, -0.05) is 75.7 Å². The van der Waals surface area contributed by atoms with E-state index in [9.17, 15) is 0 Å². The zero-order valence-electron chi connectivity index (χ0n) is 16.3. The third-order valence-corrected chi connectivity index (χ3v) is 4.96. The van der Waals surface area contributed by atoms with Crippen LogP contribution in [-0.2, 0) is 13.0 Å². The van der Waals surface area contributed by atoms with Gasteiger partial charge in [-0.25, -0.2) is 0 Å². The van der Waals surface area contributed by atoms with E-state index in [1.54, 1.807) is 0 Å². The molecule has 0 aromatic heterocycles. The van der Waals surface area contributed by atoms with Crippen molar-refractivity contribution in [2.75, 3.05) is 21.1 Å². The lowest BCUT2D eigenvalue weighted by molar-refractivity contribution is -0.884. The van der Waals surface area contributed by atoms with Crippen molar-refractivity contribution in [1.82, 2.24) is 0 Å². The lowest BCUT2D eigenvalue weighted by Crippen LogP contribution is -2.33. The second-order valence-corrected chi connectivity index (χ2v) is 8.26. The topological polar surface area (TPSA) is 0 Å². The maximum absolute atomic E-state index is 2.35. The summed E-state index contributed by atoms with van der Waals surface area (Å²) in [4.78, 5) is 0. The van der Waals surface area contributed by atoms with Gasteiger partial charge in [0.1, 0.15) is 6.54 Å². The summed E-state index contributed by atoms with van der Waals surface area (Å²) in [5, 5.41) is 0. The lowest BCUT2D eigenvalue weighted by Gasteiger charge is -2.25. The Hall–Kier alpha value is -1.60. The minimum Gasteiger partial charge on any atom is -0.327 e. The highest BCUT2D eigenvalue weighted by molar-refractivity contribution is 5.31. The largest absolute Gasteiger partial charge is 0.327 e. The lowest BCUT2D eigenvalue weighted by atomic mass is 9.83. The summed E-state index contributed by atoms with van der Waals surface area (Å²) in [7, 11) is 6.71. The van der Waals surface area contributed by atoms with E-state index in [0.717, 1.165) is 11.0 Å². The predicted molar refractivity (Wildman–Crippen MR) is 105 cm³/mol. The molecule has 0 fully saturated rings. The van der Waals surface area contributed by atoms with Crippen LogP contribution in [0.5, 0.6) is 0 Å². The van der Waals surface area contributed by atoms with E-state index in [1.165, 1.54) is 35.1 Å². The number of nitrogens with zero attached hydrogens (tertiary/aromatic N) is 1. The van der Waals surface area contributed by atoms with Gasteiger partial charge in [-0.05, 0) is 34.9 Å². The van der Waals surface area contributed by atoms with Gasteiger partial charge in [-0.3, -0.25) is 0 Å². The van der Waals surface area contributed by atoms with Gasteiger partial charge in [0.25, 0.3) is 0 Å².